The van der Waals surface area contributed by atoms with E-state index in [2.05, 4.69) is 10.2 Å². The zero-order chi connectivity index (χ0) is 18.4. The monoisotopic (exact) mass is 348 g/mol. The SMILES string of the molecule is COC(=O)[C@H]1[C@H](c2ccc(O)c(OC)c2)c2c([nH][nH]c2=O)C[C@]1(C)O. The van der Waals surface area contributed by atoms with Crippen LogP contribution < -0.4 is 10.3 Å². The maximum absolute atomic E-state index is 12.4. The highest BCUT2D eigenvalue weighted by Crippen LogP contribution is 2.45. The Bertz CT molecular complexity index is 866. The summed E-state index contributed by atoms with van der Waals surface area (Å²) in [5.41, 5.74) is -0.337. The second kappa shape index (κ2) is 5.96. The standard InChI is InChI=1S/C17H20N2O6/c1-17(23)7-9-13(15(21)19-18-9)12(14(17)16(22)25-3)8-4-5-10(20)11(6-8)24-2/h4-6,12,14,20,23H,7H2,1-3H3,(H2,18,19,21)/t12-,14-,17+/m1/s1. The van der Waals surface area contributed by atoms with Gasteiger partial charge in [-0.3, -0.25) is 14.7 Å². The molecule has 1 aromatic heterocycles. The third kappa shape index (κ3) is 2.68. The first kappa shape index (κ1) is 17.1. The summed E-state index contributed by atoms with van der Waals surface area (Å²) in [6, 6.07) is 4.57. The summed E-state index contributed by atoms with van der Waals surface area (Å²) in [6.45, 7) is 1.54. The van der Waals surface area contributed by atoms with Gasteiger partial charge in [0.15, 0.2) is 11.5 Å². The molecule has 2 aromatic rings. The van der Waals surface area contributed by atoms with Gasteiger partial charge in [-0.15, -0.1) is 0 Å². The number of ether oxygens (including phenoxy) is 2. The van der Waals surface area contributed by atoms with E-state index in [1.807, 2.05) is 0 Å². The molecule has 0 saturated carbocycles. The molecule has 1 heterocycles. The van der Waals surface area contributed by atoms with Gasteiger partial charge in [0.2, 0.25) is 0 Å². The van der Waals surface area contributed by atoms with Crippen molar-refractivity contribution in [1.82, 2.24) is 10.2 Å². The number of hydrogen-bond acceptors (Lipinski definition) is 6. The van der Waals surface area contributed by atoms with Crippen LogP contribution in [0.15, 0.2) is 23.0 Å². The van der Waals surface area contributed by atoms with Crippen LogP contribution in [0.2, 0.25) is 0 Å². The van der Waals surface area contributed by atoms with Crippen molar-refractivity contribution in [1.29, 1.82) is 0 Å². The van der Waals surface area contributed by atoms with E-state index in [0.29, 0.717) is 16.8 Å². The molecule has 0 saturated heterocycles. The normalized spacial score (nSPS) is 25.3. The first-order chi connectivity index (χ1) is 11.8. The Morgan fingerprint density at radius 3 is 2.68 bits per heavy atom. The van der Waals surface area contributed by atoms with Gasteiger partial charge in [-0.1, -0.05) is 6.07 Å². The molecule has 0 aliphatic heterocycles. The van der Waals surface area contributed by atoms with Gasteiger partial charge in [-0.25, -0.2) is 0 Å². The Morgan fingerprint density at radius 1 is 1.32 bits per heavy atom. The van der Waals surface area contributed by atoms with Gasteiger partial charge in [0.25, 0.3) is 5.56 Å². The third-order valence-corrected chi connectivity index (χ3v) is 4.76. The summed E-state index contributed by atoms with van der Waals surface area (Å²) < 4.78 is 10.0. The van der Waals surface area contributed by atoms with Crippen LogP contribution in [-0.4, -0.2) is 46.2 Å². The highest BCUT2D eigenvalue weighted by molar-refractivity contribution is 5.77. The molecule has 8 nitrogen and oxygen atoms in total. The first-order valence-electron chi connectivity index (χ1n) is 7.76. The van der Waals surface area contributed by atoms with E-state index < -0.39 is 23.4 Å². The number of carbonyl (C=O) groups excluding carboxylic acids is 1. The molecule has 4 N–H and O–H groups in total. The lowest BCUT2D eigenvalue weighted by atomic mass is 9.66. The Hall–Kier alpha value is -2.74. The number of hydrogen-bond donors (Lipinski definition) is 4. The lowest BCUT2D eigenvalue weighted by Crippen LogP contribution is -2.49. The molecule has 134 valence electrons. The molecular weight excluding hydrogens is 328 g/mol. The van der Waals surface area contributed by atoms with Gasteiger partial charge in [0, 0.05) is 23.6 Å². The fourth-order valence-corrected chi connectivity index (χ4v) is 3.63. The highest BCUT2D eigenvalue weighted by atomic mass is 16.5. The number of aromatic amines is 2. The van der Waals surface area contributed by atoms with Crippen molar-refractivity contribution in [3.05, 3.63) is 45.4 Å². The topological polar surface area (TPSA) is 125 Å². The summed E-state index contributed by atoms with van der Waals surface area (Å²) in [5, 5.41) is 26.0. The zero-order valence-electron chi connectivity index (χ0n) is 14.1. The second-order valence-electron chi connectivity index (χ2n) is 6.42. The summed E-state index contributed by atoms with van der Waals surface area (Å²) in [4.78, 5) is 24.8. The van der Waals surface area contributed by atoms with Gasteiger partial charge in [-0.2, -0.15) is 0 Å². The van der Waals surface area contributed by atoms with Crippen molar-refractivity contribution < 1.29 is 24.5 Å². The number of aromatic nitrogens is 2. The largest absolute Gasteiger partial charge is 0.504 e. The van der Waals surface area contributed by atoms with Crippen LogP contribution in [-0.2, 0) is 16.0 Å². The molecule has 0 unspecified atom stereocenters. The van der Waals surface area contributed by atoms with Crippen LogP contribution in [0.4, 0.5) is 0 Å². The smallest absolute Gasteiger partial charge is 0.312 e. The number of nitrogens with one attached hydrogen (secondary N) is 2. The van der Waals surface area contributed by atoms with E-state index in [1.54, 1.807) is 12.1 Å². The Morgan fingerprint density at radius 2 is 2.04 bits per heavy atom. The van der Waals surface area contributed by atoms with E-state index in [0.717, 1.165) is 0 Å². The van der Waals surface area contributed by atoms with Crippen LogP contribution in [0.1, 0.15) is 29.7 Å². The molecular formula is C17H20N2O6. The van der Waals surface area contributed by atoms with Gasteiger partial charge < -0.3 is 24.8 Å². The summed E-state index contributed by atoms with van der Waals surface area (Å²) in [5.74, 6) is -2.22. The fourth-order valence-electron chi connectivity index (χ4n) is 3.63. The average Bonchev–Trinajstić information content (AvgIpc) is 2.92. The fraction of sp³-hybridized carbons (Fsp3) is 0.412. The number of phenols is 1. The van der Waals surface area contributed by atoms with Crippen LogP contribution in [0, 0.1) is 5.92 Å². The zero-order valence-corrected chi connectivity index (χ0v) is 14.1. The predicted molar refractivity (Wildman–Crippen MR) is 87.7 cm³/mol. The van der Waals surface area contributed by atoms with Crippen LogP contribution in [0.3, 0.4) is 0 Å². The number of fused-ring (bicyclic) bond motifs is 1. The molecule has 0 radical (unpaired) electrons. The molecule has 1 aromatic carbocycles. The van der Waals surface area contributed by atoms with Gasteiger partial charge >= 0.3 is 5.97 Å². The number of aromatic hydroxyl groups is 1. The Balaban J connectivity index is 2.26. The van der Waals surface area contributed by atoms with Crippen molar-refractivity contribution >= 4 is 5.97 Å². The van der Waals surface area contributed by atoms with E-state index >= 15 is 0 Å². The number of rotatable bonds is 3. The molecule has 25 heavy (non-hydrogen) atoms. The van der Waals surface area contributed by atoms with Crippen molar-refractivity contribution in [2.24, 2.45) is 5.92 Å². The first-order valence-corrected chi connectivity index (χ1v) is 7.76. The molecule has 8 heteroatoms. The number of phenolic OH excluding ortho intramolecular Hbond substituents is 1. The summed E-state index contributed by atoms with van der Waals surface area (Å²) in [7, 11) is 2.64. The molecule has 1 aliphatic carbocycles. The van der Waals surface area contributed by atoms with Crippen LogP contribution in [0.5, 0.6) is 11.5 Å². The number of aliphatic hydroxyl groups is 1. The molecule has 0 spiro atoms. The maximum Gasteiger partial charge on any atom is 0.312 e. The number of benzene rings is 1. The third-order valence-electron chi connectivity index (χ3n) is 4.76. The minimum absolute atomic E-state index is 0.0633. The van der Waals surface area contributed by atoms with Gasteiger partial charge in [0.1, 0.15) is 0 Å². The minimum atomic E-state index is -1.43. The number of carbonyl (C=O) groups is 1. The van der Waals surface area contributed by atoms with Gasteiger partial charge in [-0.05, 0) is 24.6 Å². The minimum Gasteiger partial charge on any atom is -0.504 e. The van der Waals surface area contributed by atoms with Crippen LogP contribution in [0.25, 0.3) is 0 Å². The Kier molecular flexibility index (Phi) is 4.08. The summed E-state index contributed by atoms with van der Waals surface area (Å²) >= 11 is 0. The van der Waals surface area contributed by atoms with Crippen molar-refractivity contribution in [2.45, 2.75) is 24.9 Å². The highest BCUT2D eigenvalue weighted by Gasteiger charge is 2.51. The number of methoxy groups -OCH3 is 2. The van der Waals surface area contributed by atoms with E-state index in [9.17, 15) is 19.8 Å². The van der Waals surface area contributed by atoms with Crippen LogP contribution >= 0.6 is 0 Å². The molecule has 0 amide bonds. The number of esters is 1. The molecule has 3 atom stereocenters. The van der Waals surface area contributed by atoms with Crippen molar-refractivity contribution in [2.75, 3.05) is 14.2 Å². The average molecular weight is 348 g/mol. The lowest BCUT2D eigenvalue weighted by Gasteiger charge is -2.40. The van der Waals surface area contributed by atoms with Crippen molar-refractivity contribution in [3.8, 4) is 11.5 Å². The molecule has 3 rings (SSSR count). The quantitative estimate of drug-likeness (QED) is 0.604. The van der Waals surface area contributed by atoms with E-state index in [4.69, 9.17) is 9.47 Å². The maximum atomic E-state index is 12.4. The van der Waals surface area contributed by atoms with Crippen molar-refractivity contribution in [3.63, 3.8) is 0 Å². The Labute approximate surface area is 143 Å². The lowest BCUT2D eigenvalue weighted by molar-refractivity contribution is -0.156. The second-order valence-corrected chi connectivity index (χ2v) is 6.42. The number of H-pyrrole nitrogens is 2. The van der Waals surface area contributed by atoms with Gasteiger partial charge in [0.05, 0.1) is 25.7 Å². The predicted octanol–water partition coefficient (Wildman–Crippen LogP) is 0.645. The summed E-state index contributed by atoms with van der Waals surface area (Å²) in [6.07, 6.45) is 0.104. The molecule has 0 fully saturated rings. The van der Waals surface area contributed by atoms with E-state index in [1.165, 1.54) is 27.2 Å². The molecule has 1 aliphatic rings. The van der Waals surface area contributed by atoms with E-state index in [-0.39, 0.29) is 23.5 Å². The molecule has 0 bridgehead atoms.